The molecule has 6 heteroatoms. The number of ketones is 2. The van der Waals surface area contributed by atoms with Crippen molar-refractivity contribution in [3.8, 4) is 0 Å². The van der Waals surface area contributed by atoms with Crippen molar-refractivity contribution in [1.82, 2.24) is 15.5 Å². The molecule has 0 amide bonds. The zero-order chi connectivity index (χ0) is 18.7. The van der Waals surface area contributed by atoms with Crippen LogP contribution in [0, 0.1) is 5.92 Å². The number of Topliss-reactive ketones (excluding diaryl/α,β-unsaturated/α-hetero) is 2. The zero-order valence-electron chi connectivity index (χ0n) is 17.0. The van der Waals surface area contributed by atoms with Gasteiger partial charge in [-0.2, -0.15) is 13.5 Å². The third-order valence-electron chi connectivity index (χ3n) is 5.37. The number of allylic oxidation sites excluding steroid dienone is 1. The van der Waals surface area contributed by atoms with Crippen molar-refractivity contribution in [2.24, 2.45) is 5.92 Å². The lowest BCUT2D eigenvalue weighted by atomic mass is 9.82. The molecule has 1 saturated heterocycles. The van der Waals surface area contributed by atoms with Crippen LogP contribution in [0.15, 0.2) is 12.2 Å². The van der Waals surface area contributed by atoms with Crippen LogP contribution in [0.4, 0.5) is 0 Å². The molecular formula is C20H37N3O2S. The quantitative estimate of drug-likeness (QED) is 0.728. The monoisotopic (exact) mass is 383 g/mol. The number of nitrogens with zero attached hydrogens (tertiary/aromatic N) is 1. The van der Waals surface area contributed by atoms with Gasteiger partial charge in [0.2, 0.25) is 0 Å². The summed E-state index contributed by atoms with van der Waals surface area (Å²) in [7, 11) is 0. The molecule has 5 nitrogen and oxygen atoms in total. The predicted octanol–water partition coefficient (Wildman–Crippen LogP) is 2.03. The van der Waals surface area contributed by atoms with Crippen LogP contribution in [0.2, 0.25) is 0 Å². The van der Waals surface area contributed by atoms with Gasteiger partial charge in [0.05, 0.1) is 12.1 Å². The van der Waals surface area contributed by atoms with Gasteiger partial charge in [0.25, 0.3) is 0 Å². The van der Waals surface area contributed by atoms with Gasteiger partial charge in [-0.3, -0.25) is 19.8 Å². The Morgan fingerprint density at radius 1 is 1.23 bits per heavy atom. The Morgan fingerprint density at radius 2 is 1.88 bits per heavy atom. The van der Waals surface area contributed by atoms with E-state index in [9.17, 15) is 9.59 Å². The number of hydrogen-bond acceptors (Lipinski definition) is 5. The molecule has 0 unspecified atom stereocenters. The van der Waals surface area contributed by atoms with E-state index in [0.717, 1.165) is 38.9 Å². The van der Waals surface area contributed by atoms with Crippen molar-refractivity contribution >= 4 is 25.1 Å². The summed E-state index contributed by atoms with van der Waals surface area (Å²) in [4.78, 5) is 28.0. The summed E-state index contributed by atoms with van der Waals surface area (Å²) < 4.78 is 0. The van der Waals surface area contributed by atoms with Gasteiger partial charge in [-0.25, -0.2) is 0 Å². The van der Waals surface area contributed by atoms with Gasteiger partial charge in [0.15, 0.2) is 11.6 Å². The first-order valence-corrected chi connectivity index (χ1v) is 9.66. The van der Waals surface area contributed by atoms with Crippen LogP contribution in [-0.2, 0) is 9.59 Å². The average molecular weight is 384 g/mol. The summed E-state index contributed by atoms with van der Waals surface area (Å²) in [6.45, 7) is 12.6. The molecule has 0 aromatic heterocycles. The standard InChI is InChI=1S/C20H35N3O2.H2S/c1-15(2)18(25)19(5)10-8-6-7-9-11-23-13-20(14-23,22-16(3)4)17(24)12-21-19;/h7,9,15-16,21-22H,6,8,10-14H2,1-5H3;1H2/t19-;/m0./s1. The van der Waals surface area contributed by atoms with Crippen LogP contribution in [0.1, 0.15) is 53.9 Å². The van der Waals surface area contributed by atoms with E-state index in [0.29, 0.717) is 0 Å². The first-order valence-electron chi connectivity index (χ1n) is 9.66. The summed E-state index contributed by atoms with van der Waals surface area (Å²) in [6, 6.07) is 0.251. The first kappa shape index (κ1) is 23.3. The van der Waals surface area contributed by atoms with E-state index >= 15 is 0 Å². The topological polar surface area (TPSA) is 61.4 Å². The molecule has 0 aliphatic carbocycles. The van der Waals surface area contributed by atoms with Gasteiger partial charge in [-0.15, -0.1) is 0 Å². The fraction of sp³-hybridized carbons (Fsp3) is 0.800. The highest BCUT2D eigenvalue weighted by Crippen LogP contribution is 2.25. The predicted molar refractivity (Wildman–Crippen MR) is 112 cm³/mol. The average Bonchev–Trinajstić information content (AvgIpc) is 2.52. The highest BCUT2D eigenvalue weighted by molar-refractivity contribution is 7.59. The van der Waals surface area contributed by atoms with E-state index < -0.39 is 11.1 Å². The molecule has 150 valence electrons. The molecule has 3 aliphatic rings. The molecule has 3 aliphatic heterocycles. The van der Waals surface area contributed by atoms with Crippen LogP contribution < -0.4 is 10.6 Å². The summed E-state index contributed by atoms with van der Waals surface area (Å²) >= 11 is 0. The van der Waals surface area contributed by atoms with Gasteiger partial charge in [-0.05, 0) is 40.0 Å². The van der Waals surface area contributed by atoms with E-state index in [2.05, 4.69) is 41.5 Å². The maximum absolute atomic E-state index is 13.0. The molecule has 2 bridgehead atoms. The van der Waals surface area contributed by atoms with Crippen molar-refractivity contribution in [2.45, 2.75) is 71.0 Å². The van der Waals surface area contributed by atoms with Gasteiger partial charge < -0.3 is 5.32 Å². The maximum atomic E-state index is 13.0. The maximum Gasteiger partial charge on any atom is 0.169 e. The molecule has 26 heavy (non-hydrogen) atoms. The molecule has 0 spiro atoms. The molecule has 3 rings (SSSR count). The summed E-state index contributed by atoms with van der Waals surface area (Å²) in [5.41, 5.74) is -1.11. The molecule has 3 heterocycles. The lowest BCUT2D eigenvalue weighted by Crippen LogP contribution is -2.75. The third kappa shape index (κ3) is 5.41. The highest BCUT2D eigenvalue weighted by Gasteiger charge is 2.49. The number of rotatable bonds is 4. The Balaban J connectivity index is 0.00000338. The molecule has 0 radical (unpaired) electrons. The molecule has 2 N–H and O–H groups in total. The SMILES string of the molecule is CC(C)NC12CN(CC=CCCC[C@@](C)(C(=O)C(C)C)NCC1=O)C2.S. The van der Waals surface area contributed by atoms with Gasteiger partial charge in [0.1, 0.15) is 5.54 Å². The second-order valence-electron chi connectivity index (χ2n) is 8.54. The minimum atomic E-state index is -0.631. The van der Waals surface area contributed by atoms with E-state index in [1.165, 1.54) is 0 Å². The summed E-state index contributed by atoms with van der Waals surface area (Å²) in [6.07, 6.45) is 7.07. The lowest BCUT2D eigenvalue weighted by molar-refractivity contribution is -0.133. The van der Waals surface area contributed by atoms with E-state index in [1.807, 2.05) is 20.8 Å². The minimum absolute atomic E-state index is 0. The van der Waals surface area contributed by atoms with Crippen molar-refractivity contribution in [1.29, 1.82) is 0 Å². The molecule has 0 aromatic carbocycles. The second kappa shape index (κ2) is 9.49. The van der Waals surface area contributed by atoms with E-state index in [1.54, 1.807) is 0 Å². The normalized spacial score (nSPS) is 32.9. The smallest absolute Gasteiger partial charge is 0.169 e. The first-order chi connectivity index (χ1) is 11.7. The Morgan fingerprint density at radius 3 is 2.46 bits per heavy atom. The van der Waals surface area contributed by atoms with Gasteiger partial charge in [0, 0.05) is 31.6 Å². The van der Waals surface area contributed by atoms with Crippen LogP contribution in [-0.4, -0.2) is 59.8 Å². The minimum Gasteiger partial charge on any atom is -0.301 e. The Kier molecular flexibility index (Phi) is 8.52. The molecular weight excluding hydrogens is 346 g/mol. The number of nitrogens with one attached hydrogen (secondary N) is 2. The molecule has 1 fully saturated rings. The lowest BCUT2D eigenvalue weighted by Gasteiger charge is -2.50. The van der Waals surface area contributed by atoms with Crippen LogP contribution >= 0.6 is 13.5 Å². The van der Waals surface area contributed by atoms with Gasteiger partial charge >= 0.3 is 0 Å². The van der Waals surface area contributed by atoms with Crippen molar-refractivity contribution in [2.75, 3.05) is 26.2 Å². The number of carbonyl (C=O) groups is 2. The Labute approximate surface area is 165 Å². The van der Waals surface area contributed by atoms with Crippen LogP contribution in [0.25, 0.3) is 0 Å². The third-order valence-corrected chi connectivity index (χ3v) is 5.37. The molecule has 0 saturated carbocycles. The number of carbonyl (C=O) groups excluding carboxylic acids is 2. The molecule has 1 atom stereocenters. The fourth-order valence-corrected chi connectivity index (χ4v) is 4.04. The highest BCUT2D eigenvalue weighted by atomic mass is 32.1. The largest absolute Gasteiger partial charge is 0.301 e. The Bertz CT molecular complexity index is 527. The van der Waals surface area contributed by atoms with Crippen molar-refractivity contribution in [3.05, 3.63) is 12.2 Å². The summed E-state index contributed by atoms with van der Waals surface area (Å²) in [5, 5.41) is 6.82. The molecule has 0 aromatic rings. The van der Waals surface area contributed by atoms with Crippen LogP contribution in [0.5, 0.6) is 0 Å². The zero-order valence-corrected chi connectivity index (χ0v) is 18.0. The number of fused-ring (bicyclic) bond motifs is 8. The van der Waals surface area contributed by atoms with E-state index in [4.69, 9.17) is 0 Å². The van der Waals surface area contributed by atoms with E-state index in [-0.39, 0.29) is 43.6 Å². The number of hydrogen-bond donors (Lipinski definition) is 2. The van der Waals surface area contributed by atoms with Gasteiger partial charge in [-0.1, -0.05) is 26.0 Å². The van der Waals surface area contributed by atoms with Crippen molar-refractivity contribution in [3.63, 3.8) is 0 Å². The van der Waals surface area contributed by atoms with Crippen molar-refractivity contribution < 1.29 is 9.59 Å². The Hall–Kier alpha value is -0.690. The fourth-order valence-electron chi connectivity index (χ4n) is 4.04. The second-order valence-corrected chi connectivity index (χ2v) is 8.54. The summed E-state index contributed by atoms with van der Waals surface area (Å²) in [5.74, 6) is 0.324. The van der Waals surface area contributed by atoms with Crippen LogP contribution in [0.3, 0.4) is 0 Å².